The molecule has 1 N–H and O–H groups in total. The van der Waals surface area contributed by atoms with Gasteiger partial charge in [-0.1, -0.05) is 52.3 Å². The molecule has 0 aliphatic heterocycles. The first-order valence-corrected chi connectivity index (χ1v) is 10.3. The van der Waals surface area contributed by atoms with Gasteiger partial charge < -0.3 is 10.2 Å². The van der Waals surface area contributed by atoms with Gasteiger partial charge in [0.1, 0.15) is 5.82 Å². The van der Waals surface area contributed by atoms with E-state index >= 15 is 0 Å². The maximum atomic E-state index is 12.7. The van der Waals surface area contributed by atoms with E-state index in [1.807, 2.05) is 58.0 Å². The summed E-state index contributed by atoms with van der Waals surface area (Å²) in [6.45, 7) is 14.7. The molecule has 0 saturated carbocycles. The summed E-state index contributed by atoms with van der Waals surface area (Å²) in [6, 6.07) is 9.90. The van der Waals surface area contributed by atoms with Crippen molar-refractivity contribution in [3.05, 3.63) is 41.6 Å². The Balaban J connectivity index is 2.26. The molecule has 0 atom stereocenters. The lowest BCUT2D eigenvalue weighted by molar-refractivity contribution is -0.135. The van der Waals surface area contributed by atoms with Crippen molar-refractivity contribution in [1.82, 2.24) is 14.7 Å². The lowest BCUT2D eigenvalue weighted by atomic mass is 9.92. The lowest BCUT2D eigenvalue weighted by Crippen LogP contribution is -2.38. The van der Waals surface area contributed by atoms with Gasteiger partial charge in [-0.15, -0.1) is 0 Å². The molecule has 0 aliphatic rings. The number of hydrogen-bond donors (Lipinski definition) is 1. The molecule has 0 fully saturated rings. The van der Waals surface area contributed by atoms with E-state index in [-0.39, 0.29) is 29.7 Å². The molecule has 1 aromatic heterocycles. The highest BCUT2D eigenvalue weighted by Gasteiger charge is 2.23. The first kappa shape index (κ1) is 22.7. The van der Waals surface area contributed by atoms with Gasteiger partial charge in [0.25, 0.3) is 0 Å². The van der Waals surface area contributed by atoms with Crippen LogP contribution in [0, 0.1) is 12.8 Å². The fourth-order valence-corrected chi connectivity index (χ4v) is 2.93. The second-order valence-corrected chi connectivity index (χ2v) is 8.97. The molecule has 158 valence electrons. The molecular weight excluding hydrogens is 364 g/mol. The summed E-state index contributed by atoms with van der Waals surface area (Å²) >= 11 is 0. The predicted molar refractivity (Wildman–Crippen MR) is 117 cm³/mol. The number of hydrogen-bond acceptors (Lipinski definition) is 3. The van der Waals surface area contributed by atoms with Crippen molar-refractivity contribution < 1.29 is 9.59 Å². The van der Waals surface area contributed by atoms with Crippen LogP contribution in [0.5, 0.6) is 0 Å². The first-order chi connectivity index (χ1) is 13.5. The Morgan fingerprint density at radius 1 is 1.17 bits per heavy atom. The summed E-state index contributed by atoms with van der Waals surface area (Å²) in [5.74, 6) is 0.644. The number of nitrogens with zero attached hydrogens (tertiary/aromatic N) is 3. The Hall–Kier alpha value is -2.63. The van der Waals surface area contributed by atoms with Gasteiger partial charge in [-0.25, -0.2) is 4.68 Å². The van der Waals surface area contributed by atoms with Crippen LogP contribution in [0.25, 0.3) is 5.69 Å². The van der Waals surface area contributed by atoms with Crippen molar-refractivity contribution in [2.24, 2.45) is 5.92 Å². The minimum absolute atomic E-state index is 0.0000674. The highest BCUT2D eigenvalue weighted by atomic mass is 16.2. The van der Waals surface area contributed by atoms with Crippen LogP contribution >= 0.6 is 0 Å². The van der Waals surface area contributed by atoms with E-state index in [2.05, 4.69) is 26.1 Å². The second kappa shape index (κ2) is 9.25. The summed E-state index contributed by atoms with van der Waals surface area (Å²) in [5.41, 5.74) is 2.77. The molecule has 2 amide bonds. The largest absolute Gasteiger partial charge is 0.334 e. The molecule has 0 radical (unpaired) electrons. The maximum Gasteiger partial charge on any atom is 0.245 e. The molecular formula is C23H34N4O2. The Bertz CT molecular complexity index is 845. The Kier molecular flexibility index (Phi) is 7.22. The van der Waals surface area contributed by atoms with Crippen molar-refractivity contribution in [3.63, 3.8) is 0 Å². The van der Waals surface area contributed by atoms with Crippen LogP contribution in [0.3, 0.4) is 0 Å². The highest BCUT2D eigenvalue weighted by molar-refractivity contribution is 5.94. The van der Waals surface area contributed by atoms with Crippen LogP contribution in [-0.4, -0.2) is 39.6 Å². The van der Waals surface area contributed by atoms with Gasteiger partial charge in [-0.3, -0.25) is 9.59 Å². The second-order valence-electron chi connectivity index (χ2n) is 8.97. The number of carbonyl (C=O) groups is 2. The normalized spacial score (nSPS) is 11.6. The topological polar surface area (TPSA) is 67.2 Å². The third-order valence-electron chi connectivity index (χ3n) is 4.68. The molecule has 1 aromatic carbocycles. The average molecular weight is 399 g/mol. The number of nitrogens with one attached hydrogen (secondary N) is 1. The smallest absolute Gasteiger partial charge is 0.245 e. The molecule has 0 aliphatic carbocycles. The van der Waals surface area contributed by atoms with E-state index in [0.717, 1.165) is 16.9 Å². The van der Waals surface area contributed by atoms with Crippen LogP contribution in [-0.2, 0) is 15.0 Å². The minimum Gasteiger partial charge on any atom is -0.334 e. The van der Waals surface area contributed by atoms with E-state index in [1.165, 1.54) is 0 Å². The number of rotatable bonds is 7. The van der Waals surface area contributed by atoms with E-state index in [1.54, 1.807) is 9.58 Å². The number of carbonyl (C=O) groups excluding carboxylic acids is 2. The molecule has 0 saturated heterocycles. The monoisotopic (exact) mass is 398 g/mol. The molecule has 0 bridgehead atoms. The van der Waals surface area contributed by atoms with Gasteiger partial charge in [0.05, 0.1) is 17.9 Å². The van der Waals surface area contributed by atoms with E-state index in [4.69, 9.17) is 5.10 Å². The van der Waals surface area contributed by atoms with Crippen LogP contribution in [0.2, 0.25) is 0 Å². The minimum atomic E-state index is -0.224. The summed E-state index contributed by atoms with van der Waals surface area (Å²) in [4.78, 5) is 26.7. The molecule has 6 heteroatoms. The van der Waals surface area contributed by atoms with Crippen LogP contribution < -0.4 is 5.32 Å². The van der Waals surface area contributed by atoms with E-state index < -0.39 is 0 Å². The SMILES string of the molecule is CCN(CC(=O)Nc1cc(C(C)(C)C)nn1-c1ccc(C)cc1)C(=O)CC(C)C. The highest BCUT2D eigenvalue weighted by Crippen LogP contribution is 2.26. The van der Waals surface area contributed by atoms with Gasteiger partial charge in [0.2, 0.25) is 11.8 Å². The lowest BCUT2D eigenvalue weighted by Gasteiger charge is -2.21. The van der Waals surface area contributed by atoms with Crippen molar-refractivity contribution in [2.75, 3.05) is 18.4 Å². The molecule has 2 rings (SSSR count). The van der Waals surface area contributed by atoms with E-state index in [0.29, 0.717) is 18.8 Å². The summed E-state index contributed by atoms with van der Waals surface area (Å²) in [7, 11) is 0. The summed E-state index contributed by atoms with van der Waals surface area (Å²) < 4.78 is 1.75. The summed E-state index contributed by atoms with van der Waals surface area (Å²) in [5, 5.41) is 7.69. The van der Waals surface area contributed by atoms with Gasteiger partial charge in [-0.05, 0) is 31.9 Å². The maximum absolute atomic E-state index is 12.7. The summed E-state index contributed by atoms with van der Waals surface area (Å²) in [6.07, 6.45) is 0.441. The van der Waals surface area contributed by atoms with Gasteiger partial charge >= 0.3 is 0 Å². The Morgan fingerprint density at radius 2 is 1.79 bits per heavy atom. The standard InChI is InChI=1S/C23H34N4O2/c1-8-26(22(29)13-16(2)3)15-21(28)24-20-14-19(23(5,6)7)25-27(20)18-11-9-17(4)10-12-18/h9-12,14,16H,8,13,15H2,1-7H3,(H,24,28). The van der Waals surface area contributed by atoms with Gasteiger partial charge in [0, 0.05) is 24.4 Å². The van der Waals surface area contributed by atoms with Crippen molar-refractivity contribution >= 4 is 17.6 Å². The number of aryl methyl sites for hydroxylation is 1. The zero-order chi connectivity index (χ0) is 21.8. The molecule has 6 nitrogen and oxygen atoms in total. The first-order valence-electron chi connectivity index (χ1n) is 10.3. The Labute approximate surface area is 174 Å². The zero-order valence-corrected chi connectivity index (χ0v) is 18.7. The third kappa shape index (κ3) is 6.17. The van der Waals surface area contributed by atoms with E-state index in [9.17, 15) is 9.59 Å². The van der Waals surface area contributed by atoms with Crippen molar-refractivity contribution in [3.8, 4) is 5.69 Å². The number of aromatic nitrogens is 2. The molecule has 0 spiro atoms. The number of amides is 2. The molecule has 2 aromatic rings. The predicted octanol–water partition coefficient (Wildman–Crippen LogP) is 4.31. The average Bonchev–Trinajstić information content (AvgIpc) is 3.03. The fraction of sp³-hybridized carbons (Fsp3) is 0.522. The van der Waals surface area contributed by atoms with Gasteiger partial charge in [0.15, 0.2) is 0 Å². The van der Waals surface area contributed by atoms with Crippen LogP contribution in [0.4, 0.5) is 5.82 Å². The Morgan fingerprint density at radius 3 is 2.31 bits per heavy atom. The quantitative estimate of drug-likeness (QED) is 0.756. The third-order valence-corrected chi connectivity index (χ3v) is 4.68. The molecule has 1 heterocycles. The number of benzene rings is 1. The van der Waals surface area contributed by atoms with Gasteiger partial charge in [-0.2, -0.15) is 5.10 Å². The van der Waals surface area contributed by atoms with Crippen LogP contribution in [0.1, 0.15) is 59.2 Å². The molecule has 29 heavy (non-hydrogen) atoms. The number of anilines is 1. The molecule has 0 unspecified atom stereocenters. The van der Waals surface area contributed by atoms with Crippen LogP contribution in [0.15, 0.2) is 30.3 Å². The zero-order valence-electron chi connectivity index (χ0n) is 18.7. The van der Waals surface area contributed by atoms with Crippen molar-refractivity contribution in [2.45, 2.75) is 60.3 Å². The fourth-order valence-electron chi connectivity index (χ4n) is 2.93. The number of likely N-dealkylation sites (N-methyl/N-ethyl adjacent to an activating group) is 1. The van der Waals surface area contributed by atoms with Crippen molar-refractivity contribution in [1.29, 1.82) is 0 Å².